The fourth-order valence-corrected chi connectivity index (χ4v) is 2.43. The molecular formula is C13H18BrN5. The van der Waals surface area contributed by atoms with Gasteiger partial charge in [-0.15, -0.1) is 5.10 Å². The van der Waals surface area contributed by atoms with Gasteiger partial charge in [0.15, 0.2) is 5.82 Å². The Morgan fingerprint density at radius 1 is 1.32 bits per heavy atom. The van der Waals surface area contributed by atoms with E-state index >= 15 is 0 Å². The maximum atomic E-state index is 5.93. The van der Waals surface area contributed by atoms with Crippen LogP contribution in [0.2, 0.25) is 0 Å². The first-order valence-electron chi connectivity index (χ1n) is 6.36. The molecular weight excluding hydrogens is 306 g/mol. The zero-order valence-corrected chi connectivity index (χ0v) is 13.0. The smallest absolute Gasteiger partial charge is 0.183 e. The molecule has 0 aliphatic rings. The number of rotatable bonds is 4. The van der Waals surface area contributed by atoms with E-state index in [1.807, 2.05) is 22.9 Å². The van der Waals surface area contributed by atoms with Gasteiger partial charge in [-0.1, -0.05) is 19.9 Å². The quantitative estimate of drug-likeness (QED) is 0.877. The van der Waals surface area contributed by atoms with E-state index in [-0.39, 0.29) is 5.54 Å². The fraction of sp³-hybridized carbons (Fsp3) is 0.462. The molecule has 0 aliphatic carbocycles. The van der Waals surface area contributed by atoms with Gasteiger partial charge in [-0.25, -0.2) is 4.68 Å². The lowest BCUT2D eigenvalue weighted by Crippen LogP contribution is -2.30. The second kappa shape index (κ2) is 5.28. The Morgan fingerprint density at radius 2 is 2.00 bits per heavy atom. The summed E-state index contributed by atoms with van der Waals surface area (Å²) in [6, 6.07) is 5.72. The molecule has 0 saturated carbocycles. The number of tetrazole rings is 1. The third-order valence-electron chi connectivity index (χ3n) is 3.77. The van der Waals surface area contributed by atoms with Crippen LogP contribution in [-0.2, 0) is 5.54 Å². The normalized spacial score (nSPS) is 11.8. The average Bonchev–Trinajstić information content (AvgIpc) is 2.90. The Bertz CT molecular complexity index is 574. The number of anilines is 1. The van der Waals surface area contributed by atoms with Crippen LogP contribution in [-0.4, -0.2) is 20.2 Å². The van der Waals surface area contributed by atoms with E-state index in [4.69, 9.17) is 5.73 Å². The van der Waals surface area contributed by atoms with Crippen LogP contribution >= 0.6 is 15.9 Å². The van der Waals surface area contributed by atoms with Crippen molar-refractivity contribution in [2.24, 2.45) is 0 Å². The van der Waals surface area contributed by atoms with E-state index in [1.165, 1.54) is 0 Å². The van der Waals surface area contributed by atoms with Crippen molar-refractivity contribution in [3.05, 3.63) is 22.7 Å². The molecule has 5 nitrogen and oxygen atoms in total. The summed E-state index contributed by atoms with van der Waals surface area (Å²) < 4.78 is 2.73. The molecule has 6 heteroatoms. The van der Waals surface area contributed by atoms with Crippen LogP contribution in [0.3, 0.4) is 0 Å². The summed E-state index contributed by atoms with van der Waals surface area (Å²) in [4.78, 5) is 0. The lowest BCUT2D eigenvalue weighted by Gasteiger charge is -2.27. The molecule has 102 valence electrons. The number of hydrogen-bond donors (Lipinski definition) is 1. The summed E-state index contributed by atoms with van der Waals surface area (Å²) in [7, 11) is 0. The zero-order valence-electron chi connectivity index (χ0n) is 11.4. The lowest BCUT2D eigenvalue weighted by atomic mass is 9.95. The molecule has 0 saturated heterocycles. The molecule has 1 aromatic carbocycles. The first-order valence-corrected chi connectivity index (χ1v) is 7.16. The zero-order chi connectivity index (χ0) is 14.0. The Morgan fingerprint density at radius 3 is 2.63 bits per heavy atom. The first kappa shape index (κ1) is 14.0. The van der Waals surface area contributed by atoms with Crippen molar-refractivity contribution in [2.45, 2.75) is 39.2 Å². The summed E-state index contributed by atoms with van der Waals surface area (Å²) in [5.74, 6) is 0.741. The average molecular weight is 324 g/mol. The van der Waals surface area contributed by atoms with Crippen LogP contribution in [0.15, 0.2) is 22.7 Å². The number of halogens is 1. The highest BCUT2D eigenvalue weighted by Crippen LogP contribution is 2.34. The largest absolute Gasteiger partial charge is 0.398 e. The van der Waals surface area contributed by atoms with Gasteiger partial charge >= 0.3 is 0 Å². The van der Waals surface area contributed by atoms with E-state index in [2.05, 4.69) is 52.2 Å². The highest BCUT2D eigenvalue weighted by atomic mass is 79.9. The fourth-order valence-electron chi connectivity index (χ4n) is 1.99. The van der Waals surface area contributed by atoms with Crippen LogP contribution in [0.1, 0.15) is 33.6 Å². The molecule has 0 bridgehead atoms. The van der Waals surface area contributed by atoms with E-state index < -0.39 is 0 Å². The highest BCUT2D eigenvalue weighted by molar-refractivity contribution is 9.10. The van der Waals surface area contributed by atoms with E-state index in [0.29, 0.717) is 5.69 Å². The van der Waals surface area contributed by atoms with Gasteiger partial charge in [0, 0.05) is 11.3 Å². The van der Waals surface area contributed by atoms with Crippen molar-refractivity contribution in [3.8, 4) is 11.4 Å². The molecule has 19 heavy (non-hydrogen) atoms. The Hall–Kier alpha value is -1.43. The maximum absolute atomic E-state index is 5.93. The van der Waals surface area contributed by atoms with Crippen LogP contribution in [0.4, 0.5) is 5.69 Å². The molecule has 0 unspecified atom stereocenters. The molecule has 2 N–H and O–H groups in total. The SMILES string of the molecule is CCC(C)(CC)n1nnnc1-c1cccc(N)c1Br. The van der Waals surface area contributed by atoms with Gasteiger partial charge < -0.3 is 5.73 Å². The number of nitrogens with zero attached hydrogens (tertiary/aromatic N) is 4. The molecule has 2 rings (SSSR count). The lowest BCUT2D eigenvalue weighted by molar-refractivity contribution is 0.262. The van der Waals surface area contributed by atoms with Crippen molar-refractivity contribution in [1.82, 2.24) is 20.2 Å². The Kier molecular flexibility index (Phi) is 3.89. The van der Waals surface area contributed by atoms with Crippen molar-refractivity contribution in [3.63, 3.8) is 0 Å². The molecule has 1 aromatic heterocycles. The van der Waals surface area contributed by atoms with E-state index in [0.717, 1.165) is 28.7 Å². The number of nitrogens with two attached hydrogens (primary N) is 1. The van der Waals surface area contributed by atoms with Crippen LogP contribution in [0, 0.1) is 0 Å². The van der Waals surface area contributed by atoms with Crippen molar-refractivity contribution in [2.75, 3.05) is 5.73 Å². The Balaban J connectivity index is 2.60. The molecule has 0 atom stereocenters. The number of hydrogen-bond acceptors (Lipinski definition) is 4. The summed E-state index contributed by atoms with van der Waals surface area (Å²) in [5.41, 5.74) is 7.43. The summed E-state index contributed by atoms with van der Waals surface area (Å²) in [6.45, 7) is 6.44. The Labute approximate surface area is 121 Å². The topological polar surface area (TPSA) is 69.6 Å². The van der Waals surface area contributed by atoms with Crippen molar-refractivity contribution < 1.29 is 0 Å². The van der Waals surface area contributed by atoms with Crippen LogP contribution in [0.25, 0.3) is 11.4 Å². The first-order chi connectivity index (χ1) is 9.03. The monoisotopic (exact) mass is 323 g/mol. The van der Waals surface area contributed by atoms with Gasteiger partial charge in [0.1, 0.15) is 0 Å². The summed E-state index contributed by atoms with van der Waals surface area (Å²) >= 11 is 3.51. The minimum atomic E-state index is -0.0944. The molecule has 0 radical (unpaired) electrons. The minimum absolute atomic E-state index is 0.0944. The van der Waals surface area contributed by atoms with Gasteiger partial charge in [-0.2, -0.15) is 0 Å². The molecule has 0 amide bonds. The molecule has 2 aromatic rings. The van der Waals surface area contributed by atoms with Crippen molar-refractivity contribution in [1.29, 1.82) is 0 Å². The van der Waals surface area contributed by atoms with Gasteiger partial charge in [-0.3, -0.25) is 0 Å². The number of aromatic nitrogens is 4. The minimum Gasteiger partial charge on any atom is -0.398 e. The van der Waals surface area contributed by atoms with Crippen molar-refractivity contribution >= 4 is 21.6 Å². The second-order valence-corrected chi connectivity index (χ2v) is 5.62. The maximum Gasteiger partial charge on any atom is 0.183 e. The third-order valence-corrected chi connectivity index (χ3v) is 4.66. The van der Waals surface area contributed by atoms with Gasteiger partial charge in [0.2, 0.25) is 0 Å². The highest BCUT2D eigenvalue weighted by Gasteiger charge is 2.28. The standard InChI is InChI=1S/C13H18BrN5/c1-4-13(3,5-2)19-12(16-17-18-19)9-7-6-8-10(15)11(9)14/h6-8H,4-5,15H2,1-3H3. The van der Waals surface area contributed by atoms with Crippen LogP contribution < -0.4 is 5.73 Å². The van der Waals surface area contributed by atoms with Crippen LogP contribution in [0.5, 0.6) is 0 Å². The predicted molar refractivity (Wildman–Crippen MR) is 79.6 cm³/mol. The molecule has 0 aliphatic heterocycles. The third kappa shape index (κ3) is 2.36. The van der Waals surface area contributed by atoms with Gasteiger partial charge in [0.25, 0.3) is 0 Å². The van der Waals surface area contributed by atoms with Gasteiger partial charge in [0.05, 0.1) is 10.0 Å². The number of nitrogen functional groups attached to an aromatic ring is 1. The number of benzene rings is 1. The predicted octanol–water partition coefficient (Wildman–Crippen LogP) is 3.22. The summed E-state index contributed by atoms with van der Waals surface area (Å²) in [6.07, 6.45) is 1.92. The second-order valence-electron chi connectivity index (χ2n) is 4.83. The summed E-state index contributed by atoms with van der Waals surface area (Å²) in [5, 5.41) is 12.2. The van der Waals surface area contributed by atoms with E-state index in [9.17, 15) is 0 Å². The van der Waals surface area contributed by atoms with E-state index in [1.54, 1.807) is 0 Å². The molecule has 1 heterocycles. The van der Waals surface area contributed by atoms with Gasteiger partial charge in [-0.05, 0) is 58.3 Å². The molecule has 0 fully saturated rings. The molecule has 0 spiro atoms.